The van der Waals surface area contributed by atoms with Crippen LogP contribution in [-0.4, -0.2) is 23.7 Å². The lowest BCUT2D eigenvalue weighted by Crippen LogP contribution is -1.95. The summed E-state index contributed by atoms with van der Waals surface area (Å²) in [4.78, 5) is 7.74. The lowest BCUT2D eigenvalue weighted by atomic mass is 10.2. The van der Waals surface area contributed by atoms with Gasteiger partial charge in [0.05, 0.1) is 17.6 Å². The molecule has 0 aliphatic heterocycles. The van der Waals surface area contributed by atoms with Crippen LogP contribution in [0.5, 0.6) is 0 Å². The van der Waals surface area contributed by atoms with E-state index < -0.39 is 0 Å². The molecule has 2 rings (SSSR count). The van der Waals surface area contributed by atoms with E-state index in [4.69, 9.17) is 4.74 Å². The number of benzene rings is 1. The number of fused-ring (bicyclic) bond motifs is 1. The van der Waals surface area contributed by atoms with Crippen molar-refractivity contribution in [1.82, 2.24) is 9.97 Å². The molecule has 1 heterocycles. The van der Waals surface area contributed by atoms with Gasteiger partial charge in [-0.15, -0.1) is 0 Å². The first-order chi connectivity index (χ1) is 6.79. The fourth-order valence-corrected chi connectivity index (χ4v) is 1.49. The first kappa shape index (κ1) is 9.21. The molecule has 0 unspecified atom stereocenters. The topological polar surface area (TPSA) is 37.9 Å². The predicted molar refractivity (Wildman–Crippen MR) is 56.4 cm³/mol. The van der Waals surface area contributed by atoms with Gasteiger partial charge in [0, 0.05) is 13.5 Å². The normalized spacial score (nSPS) is 11.0. The molecule has 0 radical (unpaired) electrons. The number of aryl methyl sites for hydroxylation is 1. The van der Waals surface area contributed by atoms with Gasteiger partial charge in [0.2, 0.25) is 0 Å². The number of imidazole rings is 1. The number of hydrogen-bond donors (Lipinski definition) is 1. The zero-order chi connectivity index (χ0) is 9.97. The molecule has 0 aliphatic carbocycles. The van der Waals surface area contributed by atoms with Crippen LogP contribution in [0.25, 0.3) is 11.0 Å². The highest BCUT2D eigenvalue weighted by Gasteiger charge is 2.01. The summed E-state index contributed by atoms with van der Waals surface area (Å²) in [6, 6.07) is 6.22. The molecule has 1 aromatic heterocycles. The molecule has 74 valence electrons. The van der Waals surface area contributed by atoms with Gasteiger partial charge in [0.15, 0.2) is 0 Å². The highest BCUT2D eigenvalue weighted by molar-refractivity contribution is 5.75. The van der Waals surface area contributed by atoms with Gasteiger partial charge in [-0.3, -0.25) is 0 Å². The van der Waals surface area contributed by atoms with Crippen LogP contribution < -0.4 is 0 Å². The average molecular weight is 190 g/mol. The molecule has 0 saturated carbocycles. The Labute approximate surface area is 83.1 Å². The van der Waals surface area contributed by atoms with Gasteiger partial charge in [-0.25, -0.2) is 4.98 Å². The third kappa shape index (κ3) is 1.77. The van der Waals surface area contributed by atoms with Crippen molar-refractivity contribution >= 4 is 11.0 Å². The average Bonchev–Trinajstić information content (AvgIpc) is 2.56. The fraction of sp³-hybridized carbons (Fsp3) is 0.364. The minimum Gasteiger partial charge on any atom is -0.384 e. The lowest BCUT2D eigenvalue weighted by Gasteiger charge is -1.92. The van der Waals surface area contributed by atoms with E-state index >= 15 is 0 Å². The van der Waals surface area contributed by atoms with E-state index in [1.54, 1.807) is 7.11 Å². The highest BCUT2D eigenvalue weighted by atomic mass is 16.5. The maximum Gasteiger partial charge on any atom is 0.109 e. The molecule has 1 N–H and O–H groups in total. The number of ether oxygens (including phenoxy) is 1. The van der Waals surface area contributed by atoms with Crippen molar-refractivity contribution in [1.29, 1.82) is 0 Å². The molecule has 0 aliphatic rings. The molecule has 0 amide bonds. The Morgan fingerprint density at radius 2 is 2.29 bits per heavy atom. The first-order valence-corrected chi connectivity index (χ1v) is 4.74. The molecular weight excluding hydrogens is 176 g/mol. The van der Waals surface area contributed by atoms with Crippen LogP contribution in [0.4, 0.5) is 0 Å². The summed E-state index contributed by atoms with van der Waals surface area (Å²) >= 11 is 0. The van der Waals surface area contributed by atoms with Crippen LogP contribution >= 0.6 is 0 Å². The van der Waals surface area contributed by atoms with Crippen LogP contribution in [0.3, 0.4) is 0 Å². The van der Waals surface area contributed by atoms with Gasteiger partial charge in [-0.2, -0.15) is 0 Å². The Balaban J connectivity index is 2.32. The van der Waals surface area contributed by atoms with Gasteiger partial charge in [-0.05, 0) is 24.6 Å². The van der Waals surface area contributed by atoms with Gasteiger partial charge < -0.3 is 9.72 Å². The molecular formula is C11H14N2O. The van der Waals surface area contributed by atoms with Crippen molar-refractivity contribution in [2.45, 2.75) is 13.3 Å². The SMILES string of the molecule is COCCc1nc2ccc(C)cc2[nH]1. The van der Waals surface area contributed by atoms with Crippen LogP contribution in [0.2, 0.25) is 0 Å². The van der Waals surface area contributed by atoms with Gasteiger partial charge in [0.1, 0.15) is 5.82 Å². The molecule has 1 aromatic carbocycles. The highest BCUT2D eigenvalue weighted by Crippen LogP contribution is 2.13. The summed E-state index contributed by atoms with van der Waals surface area (Å²) in [5, 5.41) is 0. The molecule has 0 fully saturated rings. The maximum atomic E-state index is 5.01. The van der Waals surface area contributed by atoms with Crippen molar-refractivity contribution in [3.63, 3.8) is 0 Å². The number of rotatable bonds is 3. The van der Waals surface area contributed by atoms with E-state index in [-0.39, 0.29) is 0 Å². The van der Waals surface area contributed by atoms with E-state index in [0.29, 0.717) is 6.61 Å². The third-order valence-electron chi connectivity index (χ3n) is 2.23. The molecule has 14 heavy (non-hydrogen) atoms. The van der Waals surface area contributed by atoms with Crippen molar-refractivity contribution in [2.24, 2.45) is 0 Å². The standard InChI is InChI=1S/C11H14N2O/c1-8-3-4-9-10(7-8)13-11(12-9)5-6-14-2/h3-4,7H,5-6H2,1-2H3,(H,12,13). The molecule has 0 spiro atoms. The number of nitrogens with zero attached hydrogens (tertiary/aromatic N) is 1. The first-order valence-electron chi connectivity index (χ1n) is 4.74. The van der Waals surface area contributed by atoms with E-state index in [1.165, 1.54) is 5.56 Å². The Kier molecular flexibility index (Phi) is 2.50. The number of aromatic amines is 1. The second-order valence-electron chi connectivity index (χ2n) is 3.45. The monoisotopic (exact) mass is 190 g/mol. The number of H-pyrrole nitrogens is 1. The summed E-state index contributed by atoms with van der Waals surface area (Å²) in [6.07, 6.45) is 0.838. The van der Waals surface area contributed by atoms with Gasteiger partial charge in [-0.1, -0.05) is 6.07 Å². The predicted octanol–water partition coefficient (Wildman–Crippen LogP) is 2.06. The molecule has 0 bridgehead atoms. The summed E-state index contributed by atoms with van der Waals surface area (Å²) in [7, 11) is 1.70. The van der Waals surface area contributed by atoms with E-state index in [9.17, 15) is 0 Å². The van der Waals surface area contributed by atoms with E-state index in [0.717, 1.165) is 23.3 Å². The molecule has 2 aromatic rings. The van der Waals surface area contributed by atoms with Gasteiger partial charge >= 0.3 is 0 Å². The van der Waals surface area contributed by atoms with Crippen molar-refractivity contribution in [2.75, 3.05) is 13.7 Å². The van der Waals surface area contributed by atoms with Crippen LogP contribution in [-0.2, 0) is 11.2 Å². The van der Waals surface area contributed by atoms with Crippen molar-refractivity contribution < 1.29 is 4.74 Å². The van der Waals surface area contributed by atoms with E-state index in [1.807, 2.05) is 6.07 Å². The minimum absolute atomic E-state index is 0.707. The summed E-state index contributed by atoms with van der Waals surface area (Å²) < 4.78 is 5.01. The Bertz CT molecular complexity index is 434. The summed E-state index contributed by atoms with van der Waals surface area (Å²) in [5.74, 6) is 0.993. The Morgan fingerprint density at radius 3 is 3.07 bits per heavy atom. The molecule has 3 heteroatoms. The third-order valence-corrected chi connectivity index (χ3v) is 2.23. The largest absolute Gasteiger partial charge is 0.384 e. The van der Waals surface area contributed by atoms with Crippen LogP contribution in [0.15, 0.2) is 18.2 Å². The van der Waals surface area contributed by atoms with Crippen LogP contribution in [0.1, 0.15) is 11.4 Å². The van der Waals surface area contributed by atoms with Gasteiger partial charge in [0.25, 0.3) is 0 Å². The smallest absolute Gasteiger partial charge is 0.109 e. The number of aromatic nitrogens is 2. The zero-order valence-corrected chi connectivity index (χ0v) is 8.50. The number of hydrogen-bond acceptors (Lipinski definition) is 2. The fourth-order valence-electron chi connectivity index (χ4n) is 1.49. The van der Waals surface area contributed by atoms with Crippen LogP contribution in [0, 0.1) is 6.92 Å². The second-order valence-corrected chi connectivity index (χ2v) is 3.45. The lowest BCUT2D eigenvalue weighted by molar-refractivity contribution is 0.201. The quantitative estimate of drug-likeness (QED) is 0.804. The summed E-state index contributed by atoms with van der Waals surface area (Å²) in [5.41, 5.74) is 3.39. The number of methoxy groups -OCH3 is 1. The molecule has 0 saturated heterocycles. The van der Waals surface area contributed by atoms with E-state index in [2.05, 4.69) is 29.0 Å². The summed E-state index contributed by atoms with van der Waals surface area (Å²) in [6.45, 7) is 2.79. The second kappa shape index (κ2) is 3.80. The Morgan fingerprint density at radius 1 is 1.43 bits per heavy atom. The number of nitrogens with one attached hydrogen (secondary N) is 1. The van der Waals surface area contributed by atoms with Crippen molar-refractivity contribution in [3.8, 4) is 0 Å². The zero-order valence-electron chi connectivity index (χ0n) is 8.50. The minimum atomic E-state index is 0.707. The Hall–Kier alpha value is -1.35. The molecule has 0 atom stereocenters. The molecule has 3 nitrogen and oxygen atoms in total. The van der Waals surface area contributed by atoms with Crippen molar-refractivity contribution in [3.05, 3.63) is 29.6 Å². The maximum absolute atomic E-state index is 5.01.